The van der Waals surface area contributed by atoms with Crippen LogP contribution in [0, 0.1) is 0 Å². The molecule has 0 amide bonds. The van der Waals surface area contributed by atoms with Gasteiger partial charge in [0.1, 0.15) is 5.54 Å². The maximum Gasteiger partial charge on any atom is 0.411 e. The van der Waals surface area contributed by atoms with Gasteiger partial charge in [-0.2, -0.15) is 13.2 Å². The Hall–Kier alpha value is -1.04. The first-order valence-electron chi connectivity index (χ1n) is 4.74. The summed E-state index contributed by atoms with van der Waals surface area (Å²) in [6.07, 6.45) is -1.13. The highest BCUT2D eigenvalue weighted by molar-refractivity contribution is 5.13. The van der Waals surface area contributed by atoms with Gasteiger partial charge in [0.2, 0.25) is 0 Å². The van der Waals surface area contributed by atoms with E-state index in [1.807, 2.05) is 0 Å². The van der Waals surface area contributed by atoms with Crippen LogP contribution in [-0.4, -0.2) is 22.8 Å². The maximum atomic E-state index is 12.8. The van der Waals surface area contributed by atoms with Crippen LogP contribution >= 0.6 is 0 Å². The Kier molecular flexibility index (Phi) is 2.26. The van der Waals surface area contributed by atoms with Gasteiger partial charge >= 0.3 is 6.18 Å². The second-order valence-corrected chi connectivity index (χ2v) is 3.81. The Morgan fingerprint density at radius 1 is 1.53 bits per heavy atom. The average Bonchev–Trinajstić information content (AvgIpc) is 2.83. The molecule has 6 heteroatoms. The zero-order valence-electron chi connectivity index (χ0n) is 8.30. The fourth-order valence-electron chi connectivity index (χ4n) is 1.80. The van der Waals surface area contributed by atoms with E-state index in [9.17, 15) is 13.2 Å². The third-order valence-corrected chi connectivity index (χ3v) is 2.79. The van der Waals surface area contributed by atoms with Crippen LogP contribution in [-0.2, 0) is 12.1 Å². The Morgan fingerprint density at radius 3 is 2.67 bits per heavy atom. The van der Waals surface area contributed by atoms with Crippen molar-refractivity contribution >= 4 is 0 Å². The van der Waals surface area contributed by atoms with Crippen molar-refractivity contribution in [2.45, 2.75) is 31.1 Å². The standard InChI is InChI=1S/C9H12F3N3/c1-13-4-7-5-14-6-15(7)8(2-3-8)9(10,11)12/h5-6,13H,2-4H2,1H3. The summed E-state index contributed by atoms with van der Waals surface area (Å²) in [6, 6.07) is 0. The highest BCUT2D eigenvalue weighted by Gasteiger charge is 2.65. The smallest absolute Gasteiger partial charge is 0.318 e. The number of nitrogens with one attached hydrogen (secondary N) is 1. The van der Waals surface area contributed by atoms with Crippen molar-refractivity contribution in [1.82, 2.24) is 14.9 Å². The Bertz CT molecular complexity index is 352. The van der Waals surface area contributed by atoms with E-state index < -0.39 is 11.7 Å². The summed E-state index contributed by atoms with van der Waals surface area (Å²) in [5.74, 6) is 0. The van der Waals surface area contributed by atoms with Crippen LogP contribution in [0.2, 0.25) is 0 Å². The van der Waals surface area contributed by atoms with E-state index in [1.165, 1.54) is 17.1 Å². The maximum absolute atomic E-state index is 12.8. The van der Waals surface area contributed by atoms with Crippen LogP contribution in [0.1, 0.15) is 18.5 Å². The van der Waals surface area contributed by atoms with Crippen molar-refractivity contribution in [1.29, 1.82) is 0 Å². The normalized spacial score (nSPS) is 19.2. The minimum Gasteiger partial charge on any atom is -0.318 e. The van der Waals surface area contributed by atoms with Gasteiger partial charge in [0.25, 0.3) is 0 Å². The number of rotatable bonds is 3. The molecule has 1 aromatic rings. The molecule has 1 aromatic heterocycles. The van der Waals surface area contributed by atoms with E-state index >= 15 is 0 Å². The molecule has 84 valence electrons. The number of nitrogens with zero attached hydrogens (tertiary/aromatic N) is 2. The quantitative estimate of drug-likeness (QED) is 0.837. The molecular weight excluding hydrogens is 207 g/mol. The van der Waals surface area contributed by atoms with Crippen molar-refractivity contribution in [3.63, 3.8) is 0 Å². The zero-order chi connectivity index (χ0) is 11.1. The van der Waals surface area contributed by atoms with Gasteiger partial charge in [0.15, 0.2) is 0 Å². The molecule has 15 heavy (non-hydrogen) atoms. The van der Waals surface area contributed by atoms with Crippen molar-refractivity contribution in [3.8, 4) is 0 Å². The fraction of sp³-hybridized carbons (Fsp3) is 0.667. The minimum atomic E-state index is -4.18. The summed E-state index contributed by atoms with van der Waals surface area (Å²) in [4.78, 5) is 3.78. The zero-order valence-corrected chi connectivity index (χ0v) is 8.30. The van der Waals surface area contributed by atoms with E-state index in [1.54, 1.807) is 7.05 Å². The van der Waals surface area contributed by atoms with Crippen LogP contribution in [0.25, 0.3) is 0 Å². The van der Waals surface area contributed by atoms with Crippen LogP contribution in [0.4, 0.5) is 13.2 Å². The van der Waals surface area contributed by atoms with E-state index in [2.05, 4.69) is 10.3 Å². The molecular formula is C9H12F3N3. The number of halogens is 3. The lowest BCUT2D eigenvalue weighted by atomic mass is 10.2. The third-order valence-electron chi connectivity index (χ3n) is 2.79. The molecule has 1 heterocycles. The topological polar surface area (TPSA) is 29.9 Å². The SMILES string of the molecule is CNCc1cncn1C1(C(F)(F)F)CC1. The molecule has 1 N–H and O–H groups in total. The van der Waals surface area contributed by atoms with Gasteiger partial charge < -0.3 is 9.88 Å². The van der Waals surface area contributed by atoms with Crippen LogP contribution in [0.5, 0.6) is 0 Å². The molecule has 0 aliphatic heterocycles. The lowest BCUT2D eigenvalue weighted by Gasteiger charge is -2.22. The molecule has 3 nitrogen and oxygen atoms in total. The highest BCUT2D eigenvalue weighted by atomic mass is 19.4. The molecule has 0 spiro atoms. The van der Waals surface area contributed by atoms with Gasteiger partial charge in [-0.3, -0.25) is 0 Å². The van der Waals surface area contributed by atoms with Crippen molar-refractivity contribution in [2.24, 2.45) is 0 Å². The molecule has 0 saturated heterocycles. The predicted molar refractivity (Wildman–Crippen MR) is 48.3 cm³/mol. The number of hydrogen-bond acceptors (Lipinski definition) is 2. The Morgan fingerprint density at radius 2 is 2.20 bits per heavy atom. The summed E-state index contributed by atoms with van der Waals surface area (Å²) in [5.41, 5.74) is -1.11. The largest absolute Gasteiger partial charge is 0.411 e. The predicted octanol–water partition coefficient (Wildman–Crippen LogP) is 1.65. The van der Waals surface area contributed by atoms with E-state index in [4.69, 9.17) is 0 Å². The van der Waals surface area contributed by atoms with Crippen LogP contribution in [0.3, 0.4) is 0 Å². The first-order valence-corrected chi connectivity index (χ1v) is 4.74. The summed E-state index contributed by atoms with van der Waals surface area (Å²) < 4.78 is 39.7. The van der Waals surface area contributed by atoms with Crippen molar-refractivity contribution in [2.75, 3.05) is 7.05 Å². The van der Waals surface area contributed by atoms with E-state index in [0.717, 1.165) is 0 Å². The van der Waals surface area contributed by atoms with Crippen molar-refractivity contribution in [3.05, 3.63) is 18.2 Å². The van der Waals surface area contributed by atoms with Gasteiger partial charge in [-0.25, -0.2) is 4.98 Å². The number of hydrogen-bond donors (Lipinski definition) is 1. The number of alkyl halides is 3. The molecule has 0 aromatic carbocycles. The van der Waals surface area contributed by atoms with Gasteiger partial charge in [0.05, 0.1) is 12.0 Å². The van der Waals surface area contributed by atoms with E-state index in [0.29, 0.717) is 12.2 Å². The summed E-state index contributed by atoms with van der Waals surface area (Å²) in [7, 11) is 1.70. The minimum absolute atomic E-state index is 0.156. The van der Waals surface area contributed by atoms with Gasteiger partial charge in [-0.1, -0.05) is 0 Å². The van der Waals surface area contributed by atoms with Gasteiger partial charge in [0, 0.05) is 12.7 Å². The molecule has 1 aliphatic rings. The third kappa shape index (κ3) is 1.52. The fourth-order valence-corrected chi connectivity index (χ4v) is 1.80. The van der Waals surface area contributed by atoms with Crippen molar-refractivity contribution < 1.29 is 13.2 Å². The lowest BCUT2D eigenvalue weighted by molar-refractivity contribution is -0.180. The Balaban J connectivity index is 2.33. The monoisotopic (exact) mass is 219 g/mol. The molecule has 0 bridgehead atoms. The molecule has 1 saturated carbocycles. The molecule has 1 fully saturated rings. The average molecular weight is 219 g/mol. The number of imidazole rings is 1. The molecule has 2 rings (SSSR count). The molecule has 0 unspecified atom stereocenters. The van der Waals surface area contributed by atoms with Gasteiger partial charge in [-0.15, -0.1) is 0 Å². The first-order chi connectivity index (χ1) is 7.01. The van der Waals surface area contributed by atoms with E-state index in [-0.39, 0.29) is 12.8 Å². The second kappa shape index (κ2) is 3.23. The van der Waals surface area contributed by atoms with Gasteiger partial charge in [-0.05, 0) is 19.9 Å². The summed E-state index contributed by atoms with van der Waals surface area (Å²) in [6.45, 7) is 0.401. The lowest BCUT2D eigenvalue weighted by Crippen LogP contribution is -2.36. The van der Waals surface area contributed by atoms with Crippen LogP contribution in [0.15, 0.2) is 12.5 Å². The highest BCUT2D eigenvalue weighted by Crippen LogP contribution is 2.55. The summed E-state index contributed by atoms with van der Waals surface area (Å²) >= 11 is 0. The Labute approximate surface area is 85.3 Å². The first kappa shape index (κ1) is 10.5. The number of aromatic nitrogens is 2. The van der Waals surface area contributed by atoms with Crippen LogP contribution < -0.4 is 5.32 Å². The molecule has 1 aliphatic carbocycles. The second-order valence-electron chi connectivity index (χ2n) is 3.81. The molecule has 0 radical (unpaired) electrons. The summed E-state index contributed by atoms with van der Waals surface area (Å²) in [5, 5.41) is 2.83. The molecule has 0 atom stereocenters.